The number of halogens is 2. The van der Waals surface area contributed by atoms with E-state index in [1.807, 2.05) is 0 Å². The highest BCUT2D eigenvalue weighted by atomic mass is 19.1. The highest BCUT2D eigenvalue weighted by Crippen LogP contribution is 2.23. The maximum Gasteiger partial charge on any atom is 0.259 e. The molecule has 7 nitrogen and oxygen atoms in total. The van der Waals surface area contributed by atoms with Gasteiger partial charge < -0.3 is 10.1 Å². The second kappa shape index (κ2) is 6.63. The molecule has 0 spiro atoms. The summed E-state index contributed by atoms with van der Waals surface area (Å²) < 4.78 is 33.9. The van der Waals surface area contributed by atoms with Crippen LogP contribution in [0.25, 0.3) is 5.69 Å². The third-order valence-electron chi connectivity index (χ3n) is 3.47. The van der Waals surface area contributed by atoms with Gasteiger partial charge in [0, 0.05) is 0 Å². The van der Waals surface area contributed by atoms with Gasteiger partial charge in [0.2, 0.25) is 0 Å². The quantitative estimate of drug-likeness (QED) is 0.786. The topological polar surface area (TPSA) is 81.9 Å². The Bertz CT molecular complexity index is 942. The van der Waals surface area contributed by atoms with Crippen LogP contribution in [0.1, 0.15) is 16.2 Å². The first-order chi connectivity index (χ1) is 12.0. The van der Waals surface area contributed by atoms with Gasteiger partial charge in [0.1, 0.15) is 17.4 Å². The first-order valence-electron chi connectivity index (χ1n) is 7.19. The first kappa shape index (κ1) is 16.5. The fourth-order valence-corrected chi connectivity index (χ4v) is 2.26. The number of aromatic nitrogens is 4. The normalized spacial score (nSPS) is 10.6. The van der Waals surface area contributed by atoms with Crippen LogP contribution in [0.15, 0.2) is 36.4 Å². The van der Waals surface area contributed by atoms with Crippen molar-refractivity contribution in [1.29, 1.82) is 0 Å². The van der Waals surface area contributed by atoms with Crippen molar-refractivity contribution in [1.82, 2.24) is 20.2 Å². The lowest BCUT2D eigenvalue weighted by atomic mass is 10.1. The summed E-state index contributed by atoms with van der Waals surface area (Å²) in [6, 6.07) is 7.52. The zero-order valence-corrected chi connectivity index (χ0v) is 13.3. The van der Waals surface area contributed by atoms with Gasteiger partial charge in [-0.25, -0.2) is 8.78 Å². The summed E-state index contributed by atoms with van der Waals surface area (Å²) in [7, 11) is 1.35. The molecule has 128 valence electrons. The molecule has 3 aromatic rings. The van der Waals surface area contributed by atoms with E-state index < -0.39 is 17.5 Å². The van der Waals surface area contributed by atoms with Crippen LogP contribution in [0.2, 0.25) is 0 Å². The zero-order valence-electron chi connectivity index (χ0n) is 13.3. The van der Waals surface area contributed by atoms with Crippen molar-refractivity contribution in [3.63, 3.8) is 0 Å². The Balaban J connectivity index is 1.94. The van der Waals surface area contributed by atoms with E-state index in [1.54, 1.807) is 6.92 Å². The predicted molar refractivity (Wildman–Crippen MR) is 84.8 cm³/mol. The van der Waals surface area contributed by atoms with Crippen molar-refractivity contribution in [2.24, 2.45) is 0 Å². The van der Waals surface area contributed by atoms with E-state index in [0.29, 0.717) is 11.5 Å². The summed E-state index contributed by atoms with van der Waals surface area (Å²) in [5.74, 6) is -1.30. The van der Waals surface area contributed by atoms with E-state index in [-0.39, 0.29) is 17.0 Å². The SMILES string of the molecule is COc1ccc(F)cc1C(=O)Nc1cc(-n2nnnc2C)ccc1F. The number of nitrogens with one attached hydrogen (secondary N) is 1. The lowest BCUT2D eigenvalue weighted by Crippen LogP contribution is -2.15. The number of carbonyl (C=O) groups is 1. The molecule has 0 fully saturated rings. The van der Waals surface area contributed by atoms with Gasteiger partial charge in [-0.05, 0) is 53.7 Å². The van der Waals surface area contributed by atoms with Gasteiger partial charge in [-0.1, -0.05) is 0 Å². The molecule has 9 heteroatoms. The standard InChI is InChI=1S/C16H13F2N5O2/c1-9-20-21-22-23(9)11-4-5-13(18)14(8-11)19-16(24)12-7-10(17)3-6-15(12)25-2/h3-8H,1-2H3,(H,19,24). The van der Waals surface area contributed by atoms with Crippen LogP contribution in [0.3, 0.4) is 0 Å². The summed E-state index contributed by atoms with van der Waals surface area (Å²) in [6.45, 7) is 1.68. The van der Waals surface area contributed by atoms with Gasteiger partial charge in [-0.3, -0.25) is 4.79 Å². The molecular formula is C16H13F2N5O2. The molecule has 25 heavy (non-hydrogen) atoms. The Labute approximate surface area is 141 Å². The molecule has 1 N–H and O–H groups in total. The summed E-state index contributed by atoms with van der Waals surface area (Å²) in [6.07, 6.45) is 0. The lowest BCUT2D eigenvalue weighted by molar-refractivity contribution is 0.102. The van der Waals surface area contributed by atoms with Gasteiger partial charge >= 0.3 is 0 Å². The number of aryl methyl sites for hydroxylation is 1. The van der Waals surface area contributed by atoms with Crippen LogP contribution in [0.4, 0.5) is 14.5 Å². The molecule has 0 saturated heterocycles. The molecule has 1 aromatic heterocycles. The van der Waals surface area contributed by atoms with Gasteiger partial charge in [0.25, 0.3) is 5.91 Å². The van der Waals surface area contributed by atoms with Crippen LogP contribution >= 0.6 is 0 Å². The highest BCUT2D eigenvalue weighted by Gasteiger charge is 2.16. The van der Waals surface area contributed by atoms with Crippen molar-refractivity contribution in [3.8, 4) is 11.4 Å². The predicted octanol–water partition coefficient (Wildman–Crippen LogP) is 2.51. The lowest BCUT2D eigenvalue weighted by Gasteiger charge is -2.11. The van der Waals surface area contributed by atoms with Crippen LogP contribution in [0.5, 0.6) is 5.75 Å². The fourth-order valence-electron chi connectivity index (χ4n) is 2.26. The number of carbonyl (C=O) groups excluding carboxylic acids is 1. The summed E-state index contributed by atoms with van der Waals surface area (Å²) in [5.41, 5.74) is 0.319. The van der Waals surface area contributed by atoms with Crippen molar-refractivity contribution in [2.45, 2.75) is 6.92 Å². The summed E-state index contributed by atoms with van der Waals surface area (Å²) in [4.78, 5) is 12.4. The number of tetrazole rings is 1. The Morgan fingerprint density at radius 2 is 2.00 bits per heavy atom. The number of methoxy groups -OCH3 is 1. The second-order valence-electron chi connectivity index (χ2n) is 5.10. The number of rotatable bonds is 4. The molecular weight excluding hydrogens is 332 g/mol. The summed E-state index contributed by atoms with van der Waals surface area (Å²) >= 11 is 0. The molecule has 0 saturated carbocycles. The molecule has 0 aliphatic rings. The van der Waals surface area contributed by atoms with E-state index in [0.717, 1.165) is 12.1 Å². The minimum absolute atomic E-state index is 0.0501. The fraction of sp³-hybridized carbons (Fsp3) is 0.125. The average Bonchev–Trinajstić information content (AvgIpc) is 3.02. The number of benzene rings is 2. The van der Waals surface area contributed by atoms with E-state index in [4.69, 9.17) is 4.74 Å². The Kier molecular flexibility index (Phi) is 4.38. The average molecular weight is 345 g/mol. The molecule has 0 bridgehead atoms. The van der Waals surface area contributed by atoms with Gasteiger partial charge in [0.15, 0.2) is 5.82 Å². The molecule has 2 aromatic carbocycles. The number of ether oxygens (including phenoxy) is 1. The van der Waals surface area contributed by atoms with E-state index in [1.165, 1.54) is 36.1 Å². The first-order valence-corrected chi connectivity index (χ1v) is 7.19. The molecule has 1 amide bonds. The molecule has 3 rings (SSSR count). The third-order valence-corrected chi connectivity index (χ3v) is 3.47. The Hall–Kier alpha value is -3.36. The number of nitrogens with zero attached hydrogens (tertiary/aromatic N) is 4. The monoisotopic (exact) mass is 345 g/mol. The smallest absolute Gasteiger partial charge is 0.259 e. The maximum absolute atomic E-state index is 14.1. The van der Waals surface area contributed by atoms with E-state index in [9.17, 15) is 13.6 Å². The van der Waals surface area contributed by atoms with Crippen LogP contribution in [-0.2, 0) is 0 Å². The zero-order chi connectivity index (χ0) is 18.0. The second-order valence-corrected chi connectivity index (χ2v) is 5.10. The van der Waals surface area contributed by atoms with Gasteiger partial charge in [0.05, 0.1) is 24.0 Å². The number of hydrogen-bond acceptors (Lipinski definition) is 5. The Morgan fingerprint density at radius 1 is 1.20 bits per heavy atom. The van der Waals surface area contributed by atoms with Crippen molar-refractivity contribution in [2.75, 3.05) is 12.4 Å². The molecule has 0 aliphatic heterocycles. The third kappa shape index (κ3) is 3.30. The number of hydrogen-bond donors (Lipinski definition) is 1. The van der Waals surface area contributed by atoms with E-state index >= 15 is 0 Å². The Morgan fingerprint density at radius 3 is 2.68 bits per heavy atom. The van der Waals surface area contributed by atoms with Gasteiger partial charge in [-0.15, -0.1) is 5.10 Å². The van der Waals surface area contributed by atoms with Crippen LogP contribution in [0, 0.1) is 18.6 Å². The molecule has 0 unspecified atom stereocenters. The molecule has 0 atom stereocenters. The maximum atomic E-state index is 14.1. The molecule has 1 heterocycles. The highest BCUT2D eigenvalue weighted by molar-refractivity contribution is 6.06. The van der Waals surface area contributed by atoms with Crippen LogP contribution < -0.4 is 10.1 Å². The minimum atomic E-state index is -0.708. The van der Waals surface area contributed by atoms with Gasteiger partial charge in [-0.2, -0.15) is 4.68 Å². The van der Waals surface area contributed by atoms with Crippen LogP contribution in [-0.4, -0.2) is 33.2 Å². The summed E-state index contributed by atoms with van der Waals surface area (Å²) in [5, 5.41) is 13.5. The number of anilines is 1. The largest absolute Gasteiger partial charge is 0.496 e. The minimum Gasteiger partial charge on any atom is -0.496 e. The van der Waals surface area contributed by atoms with Crippen molar-refractivity contribution < 1.29 is 18.3 Å². The van der Waals surface area contributed by atoms with Crippen molar-refractivity contribution >= 4 is 11.6 Å². The van der Waals surface area contributed by atoms with E-state index in [2.05, 4.69) is 20.8 Å². The molecule has 0 aliphatic carbocycles. The number of amides is 1. The molecule has 0 radical (unpaired) electrons. The van der Waals surface area contributed by atoms with Crippen molar-refractivity contribution in [3.05, 3.63) is 59.4 Å².